The van der Waals surface area contributed by atoms with E-state index in [9.17, 15) is 0 Å². The van der Waals surface area contributed by atoms with E-state index in [0.29, 0.717) is 5.56 Å². The molecule has 0 amide bonds. The molecule has 1 heterocycles. The maximum absolute atomic E-state index is 9.05. The highest BCUT2D eigenvalue weighted by Gasteiger charge is 2.14. The molecule has 0 aliphatic carbocycles. The number of para-hydroxylation sites is 1. The topological polar surface area (TPSA) is 40.8 Å². The highest BCUT2D eigenvalue weighted by molar-refractivity contribution is 6.14. The first-order valence-corrected chi connectivity index (χ1v) is 12.7. The Hall–Kier alpha value is -5.33. The molecular weight excluding hydrogens is 462 g/mol. The molecule has 0 saturated carbocycles. The van der Waals surface area contributed by atoms with Crippen molar-refractivity contribution in [3.05, 3.63) is 139 Å². The van der Waals surface area contributed by atoms with Gasteiger partial charge in [0.15, 0.2) is 0 Å². The summed E-state index contributed by atoms with van der Waals surface area (Å²) in [4.78, 5) is 0. The monoisotopic (exact) mass is 485 g/mol. The van der Waals surface area contributed by atoms with E-state index < -0.39 is 0 Å². The molecule has 6 aromatic carbocycles. The Morgan fingerprint density at radius 3 is 1.84 bits per heavy atom. The molecule has 3 nitrogen and oxygen atoms in total. The number of nitrogens with one attached hydrogen (secondary N) is 1. The summed E-state index contributed by atoms with van der Waals surface area (Å²) < 4.78 is 2.35. The van der Waals surface area contributed by atoms with Gasteiger partial charge in [-0.2, -0.15) is 5.26 Å². The molecule has 1 aromatic heterocycles. The lowest BCUT2D eigenvalue weighted by Crippen LogP contribution is -1.94. The molecule has 7 aromatic rings. The smallest absolute Gasteiger partial charge is 0.0991 e. The Labute approximate surface area is 220 Å². The van der Waals surface area contributed by atoms with E-state index in [1.165, 1.54) is 32.6 Å². The van der Waals surface area contributed by atoms with Crippen LogP contribution >= 0.6 is 0 Å². The Bertz CT molecular complexity index is 1980. The minimum atomic E-state index is 0.670. The zero-order chi connectivity index (χ0) is 25.5. The van der Waals surface area contributed by atoms with Crippen molar-refractivity contribution in [3.63, 3.8) is 0 Å². The summed E-state index contributed by atoms with van der Waals surface area (Å²) in [5.41, 5.74) is 8.50. The van der Waals surface area contributed by atoms with E-state index in [2.05, 4.69) is 125 Å². The highest BCUT2D eigenvalue weighted by Crippen LogP contribution is 2.36. The highest BCUT2D eigenvalue weighted by atomic mass is 15.0. The van der Waals surface area contributed by atoms with Crippen LogP contribution in [-0.4, -0.2) is 4.57 Å². The zero-order valence-electron chi connectivity index (χ0n) is 20.6. The van der Waals surface area contributed by atoms with Gasteiger partial charge in [-0.05, 0) is 88.6 Å². The summed E-state index contributed by atoms with van der Waals surface area (Å²) in [6.45, 7) is 0. The van der Waals surface area contributed by atoms with Crippen LogP contribution in [0.25, 0.3) is 49.4 Å². The van der Waals surface area contributed by atoms with Crippen LogP contribution in [0.4, 0.5) is 11.4 Å². The maximum Gasteiger partial charge on any atom is 0.0991 e. The lowest BCUT2D eigenvalue weighted by Gasteiger charge is -2.10. The summed E-state index contributed by atoms with van der Waals surface area (Å²) >= 11 is 0. The van der Waals surface area contributed by atoms with Gasteiger partial charge < -0.3 is 9.88 Å². The fourth-order valence-corrected chi connectivity index (χ4v) is 5.29. The SMILES string of the molecule is N#Cc1ccc(-c2ccc(Nc3ccc4c(c3)c3cc5ccccc5cc3n4-c3ccccc3)cc2)cc1. The van der Waals surface area contributed by atoms with Gasteiger partial charge in [-0.25, -0.2) is 0 Å². The van der Waals surface area contributed by atoms with Crippen molar-refractivity contribution in [2.24, 2.45) is 0 Å². The summed E-state index contributed by atoms with van der Waals surface area (Å²) in [6.07, 6.45) is 0. The first-order chi connectivity index (χ1) is 18.8. The second-order valence-corrected chi connectivity index (χ2v) is 9.51. The van der Waals surface area contributed by atoms with E-state index in [0.717, 1.165) is 28.2 Å². The molecule has 178 valence electrons. The first kappa shape index (κ1) is 21.9. The summed E-state index contributed by atoms with van der Waals surface area (Å²) in [5.74, 6) is 0. The molecule has 0 aliphatic rings. The maximum atomic E-state index is 9.05. The largest absolute Gasteiger partial charge is 0.356 e. The third-order valence-corrected chi connectivity index (χ3v) is 7.17. The normalized spacial score (nSPS) is 11.1. The number of rotatable bonds is 4. The molecule has 0 radical (unpaired) electrons. The number of nitrogens with zero attached hydrogens (tertiary/aromatic N) is 2. The number of anilines is 2. The second-order valence-electron chi connectivity index (χ2n) is 9.51. The van der Waals surface area contributed by atoms with Crippen molar-refractivity contribution in [1.82, 2.24) is 4.57 Å². The van der Waals surface area contributed by atoms with Crippen molar-refractivity contribution < 1.29 is 0 Å². The van der Waals surface area contributed by atoms with Crippen LogP contribution in [0.3, 0.4) is 0 Å². The molecule has 0 unspecified atom stereocenters. The molecule has 7 rings (SSSR count). The third kappa shape index (κ3) is 3.77. The number of benzene rings is 6. The molecule has 38 heavy (non-hydrogen) atoms. The lowest BCUT2D eigenvalue weighted by molar-refractivity contribution is 1.18. The summed E-state index contributed by atoms with van der Waals surface area (Å²) in [5, 5.41) is 17.6. The van der Waals surface area contributed by atoms with Crippen molar-refractivity contribution >= 4 is 44.0 Å². The van der Waals surface area contributed by atoms with E-state index >= 15 is 0 Å². The summed E-state index contributed by atoms with van der Waals surface area (Å²) in [6, 6.07) is 48.6. The Morgan fingerprint density at radius 1 is 0.526 bits per heavy atom. The van der Waals surface area contributed by atoms with Crippen LogP contribution in [-0.2, 0) is 0 Å². The van der Waals surface area contributed by atoms with Crippen LogP contribution < -0.4 is 5.32 Å². The van der Waals surface area contributed by atoms with E-state index in [-0.39, 0.29) is 0 Å². The van der Waals surface area contributed by atoms with Gasteiger partial charge in [-0.1, -0.05) is 66.7 Å². The minimum absolute atomic E-state index is 0.670. The molecule has 0 aliphatic heterocycles. The Morgan fingerprint density at radius 2 is 1.13 bits per heavy atom. The molecular formula is C35H23N3. The standard InChI is InChI=1S/C35H23N3/c36-23-24-10-12-25(13-11-24)26-14-16-29(17-15-26)37-30-18-19-34-33(22-30)32-20-27-6-4-5-7-28(27)21-35(32)38(34)31-8-2-1-3-9-31/h1-22,37H. The van der Waals surface area contributed by atoms with Gasteiger partial charge in [0.1, 0.15) is 0 Å². The number of fused-ring (bicyclic) bond motifs is 4. The fraction of sp³-hybridized carbons (Fsp3) is 0. The van der Waals surface area contributed by atoms with E-state index in [1.807, 2.05) is 24.3 Å². The fourth-order valence-electron chi connectivity index (χ4n) is 5.29. The van der Waals surface area contributed by atoms with Crippen molar-refractivity contribution in [1.29, 1.82) is 5.26 Å². The van der Waals surface area contributed by atoms with Crippen molar-refractivity contribution in [3.8, 4) is 22.9 Å². The molecule has 0 bridgehead atoms. The number of hydrogen-bond donors (Lipinski definition) is 1. The average molecular weight is 486 g/mol. The van der Waals surface area contributed by atoms with Gasteiger partial charge in [-0.15, -0.1) is 0 Å². The van der Waals surface area contributed by atoms with Gasteiger partial charge in [0, 0.05) is 27.8 Å². The van der Waals surface area contributed by atoms with E-state index in [1.54, 1.807) is 0 Å². The van der Waals surface area contributed by atoms with Gasteiger partial charge >= 0.3 is 0 Å². The molecule has 0 fully saturated rings. The Balaban J connectivity index is 1.30. The van der Waals surface area contributed by atoms with Crippen LogP contribution in [0.2, 0.25) is 0 Å². The molecule has 1 N–H and O–H groups in total. The summed E-state index contributed by atoms with van der Waals surface area (Å²) in [7, 11) is 0. The van der Waals surface area contributed by atoms with Gasteiger partial charge in [-0.3, -0.25) is 0 Å². The molecule has 0 saturated heterocycles. The third-order valence-electron chi connectivity index (χ3n) is 7.17. The second kappa shape index (κ2) is 8.96. The van der Waals surface area contributed by atoms with Crippen molar-refractivity contribution in [2.75, 3.05) is 5.32 Å². The lowest BCUT2D eigenvalue weighted by atomic mass is 10.0. The quantitative estimate of drug-likeness (QED) is 0.270. The predicted octanol–water partition coefficient (Wildman–Crippen LogP) is 9.22. The molecule has 0 atom stereocenters. The van der Waals surface area contributed by atoms with Crippen LogP contribution in [0, 0.1) is 11.3 Å². The minimum Gasteiger partial charge on any atom is -0.356 e. The predicted molar refractivity (Wildman–Crippen MR) is 158 cm³/mol. The number of hydrogen-bond acceptors (Lipinski definition) is 2. The van der Waals surface area contributed by atoms with E-state index in [4.69, 9.17) is 5.26 Å². The number of nitriles is 1. The molecule has 3 heteroatoms. The van der Waals surface area contributed by atoms with Crippen LogP contribution in [0.15, 0.2) is 133 Å². The van der Waals surface area contributed by atoms with Gasteiger partial charge in [0.25, 0.3) is 0 Å². The van der Waals surface area contributed by atoms with Gasteiger partial charge in [0.05, 0.1) is 22.7 Å². The van der Waals surface area contributed by atoms with Crippen LogP contribution in [0.5, 0.6) is 0 Å². The Kier molecular flexibility index (Phi) is 5.17. The molecule has 0 spiro atoms. The first-order valence-electron chi connectivity index (χ1n) is 12.7. The zero-order valence-corrected chi connectivity index (χ0v) is 20.6. The van der Waals surface area contributed by atoms with Crippen molar-refractivity contribution in [2.45, 2.75) is 0 Å². The number of aromatic nitrogens is 1. The van der Waals surface area contributed by atoms with Gasteiger partial charge in [0.2, 0.25) is 0 Å². The average Bonchev–Trinajstić information content (AvgIpc) is 3.29. The van der Waals surface area contributed by atoms with Crippen LogP contribution in [0.1, 0.15) is 5.56 Å².